The van der Waals surface area contributed by atoms with Crippen molar-refractivity contribution in [3.63, 3.8) is 0 Å². The number of ether oxygens (including phenoxy) is 6. The molecule has 0 radical (unpaired) electrons. The van der Waals surface area contributed by atoms with Crippen molar-refractivity contribution < 1.29 is 73.8 Å². The zero-order chi connectivity index (χ0) is 29.2. The number of aliphatic hydroxyl groups excluding tert-OH is 7. The molecule has 0 spiro atoms. The first-order chi connectivity index (χ1) is 18.4. The van der Waals surface area contributed by atoms with Crippen LogP contribution in [-0.2, 0) is 38.0 Å². The lowest BCUT2D eigenvalue weighted by Gasteiger charge is -2.48. The first kappa shape index (κ1) is 31.9. The molecule has 17 nitrogen and oxygen atoms in total. The maximum Gasteiger partial charge on any atom is 0.249 e. The monoisotopic (exact) mass is 570 g/mol. The molecule has 10 N–H and O–H groups in total. The summed E-state index contributed by atoms with van der Waals surface area (Å²) in [6.45, 7) is 2.34. The van der Waals surface area contributed by atoms with Crippen LogP contribution in [0.5, 0.6) is 0 Å². The van der Waals surface area contributed by atoms with Gasteiger partial charge < -0.3 is 75.2 Å². The molecule has 0 unspecified atom stereocenters. The molecular weight excluding hydrogens is 532 g/mol. The third-order valence-electron chi connectivity index (χ3n) is 6.95. The van der Waals surface area contributed by atoms with Gasteiger partial charge in [-0.3, -0.25) is 9.59 Å². The third-order valence-corrected chi connectivity index (χ3v) is 6.95. The number of hydrogen-bond donors (Lipinski definition) is 9. The van der Waals surface area contributed by atoms with Crippen LogP contribution in [-0.4, -0.2) is 153 Å². The van der Waals surface area contributed by atoms with Crippen LogP contribution in [0.1, 0.15) is 20.3 Å². The van der Waals surface area contributed by atoms with E-state index in [1.807, 2.05) is 0 Å². The Kier molecular flexibility index (Phi) is 11.0. The highest BCUT2D eigenvalue weighted by molar-refractivity contribution is 5.79. The summed E-state index contributed by atoms with van der Waals surface area (Å²) in [6, 6.07) is -1.13. The van der Waals surface area contributed by atoms with E-state index in [1.165, 1.54) is 14.0 Å². The summed E-state index contributed by atoms with van der Waals surface area (Å²) in [5.41, 5.74) is 5.18. The topological polar surface area (TPSA) is 269 Å². The minimum atomic E-state index is -1.92. The summed E-state index contributed by atoms with van der Waals surface area (Å²) in [7, 11) is 1.27. The van der Waals surface area contributed by atoms with Crippen molar-refractivity contribution in [3.8, 4) is 0 Å². The van der Waals surface area contributed by atoms with Gasteiger partial charge in [0.2, 0.25) is 11.8 Å². The molecule has 3 rings (SSSR count). The fraction of sp³-hybridized carbons (Fsp3) is 0.909. The summed E-state index contributed by atoms with van der Waals surface area (Å²) in [6.07, 6.45) is -22.2. The third kappa shape index (κ3) is 6.67. The highest BCUT2D eigenvalue weighted by Gasteiger charge is 2.54. The van der Waals surface area contributed by atoms with Crippen LogP contribution in [0.4, 0.5) is 0 Å². The molecule has 2 amide bonds. The fourth-order valence-electron chi connectivity index (χ4n) is 4.65. The maximum atomic E-state index is 12.2. The van der Waals surface area contributed by atoms with Crippen LogP contribution >= 0.6 is 0 Å². The number of nitrogens with one attached hydrogen (secondary N) is 1. The van der Waals surface area contributed by atoms with Crippen molar-refractivity contribution in [2.45, 2.75) is 112 Å². The van der Waals surface area contributed by atoms with E-state index in [1.54, 1.807) is 6.92 Å². The van der Waals surface area contributed by atoms with Gasteiger partial charge in [-0.15, -0.1) is 0 Å². The lowest BCUT2D eigenvalue weighted by Crippen LogP contribution is -2.68. The minimum absolute atomic E-state index is 0.0669. The van der Waals surface area contributed by atoms with Gasteiger partial charge in [-0.1, -0.05) is 6.92 Å². The molecule has 3 saturated heterocycles. The van der Waals surface area contributed by atoms with Crippen LogP contribution in [0.25, 0.3) is 0 Å². The van der Waals surface area contributed by atoms with Crippen LogP contribution in [0.15, 0.2) is 0 Å². The first-order valence-corrected chi connectivity index (χ1v) is 12.4. The Morgan fingerprint density at radius 1 is 0.821 bits per heavy atom. The average Bonchev–Trinajstić information content (AvgIpc) is 2.90. The Labute approximate surface area is 223 Å². The van der Waals surface area contributed by atoms with Gasteiger partial charge in [0, 0.05) is 13.5 Å². The molecule has 0 saturated carbocycles. The number of hydrogen-bond acceptors (Lipinski definition) is 15. The number of primary amides is 1. The Bertz CT molecular complexity index is 837. The number of aliphatic hydroxyl groups is 7. The number of methoxy groups -OCH3 is 1. The van der Waals surface area contributed by atoms with E-state index in [2.05, 4.69) is 5.32 Å². The molecule has 0 aliphatic carbocycles. The Hall–Kier alpha value is -1.58. The number of rotatable bonds is 9. The fourth-order valence-corrected chi connectivity index (χ4v) is 4.65. The smallest absolute Gasteiger partial charge is 0.249 e. The van der Waals surface area contributed by atoms with E-state index in [-0.39, 0.29) is 6.42 Å². The number of carbonyl (C=O) groups is 2. The van der Waals surface area contributed by atoms with Crippen LogP contribution in [0, 0.1) is 0 Å². The van der Waals surface area contributed by atoms with Gasteiger partial charge in [0.05, 0.1) is 12.7 Å². The predicted molar refractivity (Wildman–Crippen MR) is 123 cm³/mol. The second-order valence-electron chi connectivity index (χ2n) is 9.59. The predicted octanol–water partition coefficient (Wildman–Crippen LogP) is -5.86. The van der Waals surface area contributed by atoms with Crippen molar-refractivity contribution in [2.75, 3.05) is 13.7 Å². The van der Waals surface area contributed by atoms with Crippen molar-refractivity contribution in [3.05, 3.63) is 0 Å². The van der Waals surface area contributed by atoms with Crippen molar-refractivity contribution in [1.29, 1.82) is 0 Å². The number of carbonyl (C=O) groups excluding carboxylic acids is 2. The van der Waals surface area contributed by atoms with Crippen molar-refractivity contribution in [2.24, 2.45) is 5.73 Å². The van der Waals surface area contributed by atoms with Gasteiger partial charge >= 0.3 is 0 Å². The van der Waals surface area contributed by atoms with Gasteiger partial charge in [-0.05, 0) is 6.92 Å². The van der Waals surface area contributed by atoms with E-state index < -0.39 is 110 Å². The summed E-state index contributed by atoms with van der Waals surface area (Å²) >= 11 is 0. The van der Waals surface area contributed by atoms with Gasteiger partial charge in [-0.2, -0.15) is 0 Å². The summed E-state index contributed by atoms with van der Waals surface area (Å²) in [5, 5.41) is 75.2. The second kappa shape index (κ2) is 13.4. The molecule has 3 aliphatic rings. The highest BCUT2D eigenvalue weighted by atomic mass is 16.7. The standard InChI is InChI=1S/C22H38N2O15/c1-4-8(26)24-9-16(11(28)7(5-25)36-20(9)34-3)37-22-15(32)17(10(27)6(2)35-22)38-21-14(31)12(29)13(30)18(39-21)19(23)33/h6-7,9-18,20-22,25,27-32H,4-5H2,1-3H3,(H2,23,33)(H,24,26)/t6-,7+,9+,10-,11+,12+,13+,14+,15+,16+,17+,18+,20+,21+,22-/m0/s1. The average molecular weight is 571 g/mol. The molecule has 0 aromatic carbocycles. The Balaban J connectivity index is 1.84. The molecule has 0 bridgehead atoms. The quantitative estimate of drug-likeness (QED) is 0.125. The van der Waals surface area contributed by atoms with Gasteiger partial charge in [0.15, 0.2) is 25.0 Å². The van der Waals surface area contributed by atoms with E-state index >= 15 is 0 Å². The molecule has 0 aromatic rings. The SMILES string of the molecule is CCC(=O)N[C@H]1[C@H](OC)O[C@H](CO)[C@@H](O)[C@@H]1O[C@@H]1O[C@@H](C)[C@H](O)[C@@H](O[C@@H]2O[C@@H](C(N)=O)[C@H](O)[C@@H](O)[C@H]2O)[C@H]1O. The normalized spacial score (nSPS) is 47.0. The molecule has 3 fully saturated rings. The lowest BCUT2D eigenvalue weighted by atomic mass is 9.95. The summed E-state index contributed by atoms with van der Waals surface area (Å²) < 4.78 is 33.0. The van der Waals surface area contributed by atoms with E-state index in [9.17, 15) is 45.3 Å². The zero-order valence-electron chi connectivity index (χ0n) is 21.5. The van der Waals surface area contributed by atoms with Crippen LogP contribution in [0.3, 0.4) is 0 Å². The van der Waals surface area contributed by atoms with E-state index in [0.29, 0.717) is 0 Å². The zero-order valence-corrected chi connectivity index (χ0v) is 21.5. The number of nitrogens with two attached hydrogens (primary N) is 1. The van der Waals surface area contributed by atoms with Gasteiger partial charge in [-0.25, -0.2) is 0 Å². The van der Waals surface area contributed by atoms with Gasteiger partial charge in [0.25, 0.3) is 0 Å². The number of amides is 2. The van der Waals surface area contributed by atoms with E-state index in [0.717, 1.165) is 0 Å². The highest BCUT2D eigenvalue weighted by Crippen LogP contribution is 2.32. The Morgan fingerprint density at radius 3 is 2.00 bits per heavy atom. The van der Waals surface area contributed by atoms with Crippen LogP contribution < -0.4 is 11.1 Å². The summed E-state index contributed by atoms with van der Waals surface area (Å²) in [4.78, 5) is 23.8. The van der Waals surface area contributed by atoms with Gasteiger partial charge in [0.1, 0.15) is 61.0 Å². The molecule has 3 aliphatic heterocycles. The second-order valence-corrected chi connectivity index (χ2v) is 9.59. The Morgan fingerprint density at radius 2 is 1.44 bits per heavy atom. The molecule has 39 heavy (non-hydrogen) atoms. The molecule has 17 heteroatoms. The lowest BCUT2D eigenvalue weighted by molar-refractivity contribution is -0.367. The van der Waals surface area contributed by atoms with Crippen molar-refractivity contribution >= 4 is 11.8 Å². The van der Waals surface area contributed by atoms with Crippen molar-refractivity contribution in [1.82, 2.24) is 5.32 Å². The van der Waals surface area contributed by atoms with Crippen LogP contribution in [0.2, 0.25) is 0 Å². The molecular formula is C22H38N2O15. The molecule has 15 atom stereocenters. The molecule has 3 heterocycles. The first-order valence-electron chi connectivity index (χ1n) is 12.4. The summed E-state index contributed by atoms with van der Waals surface area (Å²) in [5.74, 6) is -1.61. The van der Waals surface area contributed by atoms with E-state index in [4.69, 9.17) is 34.2 Å². The maximum absolute atomic E-state index is 12.2. The molecule has 226 valence electrons. The largest absolute Gasteiger partial charge is 0.394 e. The molecule has 0 aromatic heterocycles. The minimum Gasteiger partial charge on any atom is -0.394 e.